The molecule has 4 N–H and O–H groups in total. The van der Waals surface area contributed by atoms with Crippen molar-refractivity contribution in [3.63, 3.8) is 0 Å². The van der Waals surface area contributed by atoms with Gasteiger partial charge >= 0.3 is 73.8 Å². The van der Waals surface area contributed by atoms with Crippen molar-refractivity contribution >= 4 is 73.8 Å². The fraction of sp³-hybridized carbons (Fsp3) is 0. The number of rotatable bonds is 3. The van der Waals surface area contributed by atoms with Crippen LogP contribution in [0.4, 0.5) is 0 Å². The molecule has 0 radical (unpaired) electrons. The molecule has 0 rings (SSSR count). The third-order valence-corrected chi connectivity index (χ3v) is 0.228. The Bertz CT molecular complexity index is 49.7. The van der Waals surface area contributed by atoms with Gasteiger partial charge in [0.1, 0.15) is 0 Å². The van der Waals surface area contributed by atoms with E-state index in [9.17, 15) is 0 Å². The summed E-state index contributed by atoms with van der Waals surface area (Å²) in [6, 6.07) is 0. The molecular weight excluding hydrogens is 164 g/mol. The van der Waals surface area contributed by atoms with E-state index in [-0.39, 0.29) is 59.1 Å². The molecule has 0 aromatic carbocycles. The predicted octanol–water partition coefficient (Wildman–Crippen LogP) is -4.42. The Hall–Kier alpha value is 1.89. The van der Waals surface area contributed by atoms with E-state index >= 15 is 0 Å². The van der Waals surface area contributed by atoms with E-state index in [4.69, 9.17) is 20.1 Å². The first-order valence-electron chi connectivity index (χ1n) is 1.67. The molecule has 6 nitrogen and oxygen atoms in total. The molecule has 0 aliphatic carbocycles. The van der Waals surface area contributed by atoms with Crippen LogP contribution in [-0.2, 0) is 9.61 Å². The summed E-state index contributed by atoms with van der Waals surface area (Å²) in [6.45, 7) is 0. The van der Waals surface area contributed by atoms with Gasteiger partial charge in [-0.1, -0.05) is 0 Å². The van der Waals surface area contributed by atoms with Crippen LogP contribution in [0.5, 0.6) is 0 Å². The van der Waals surface area contributed by atoms with E-state index in [1.807, 2.05) is 0 Å². The van der Waals surface area contributed by atoms with Gasteiger partial charge < -0.3 is 20.1 Å². The van der Waals surface area contributed by atoms with Gasteiger partial charge in [-0.15, -0.1) is 0 Å². The van der Waals surface area contributed by atoms with Crippen LogP contribution >= 0.6 is 0 Å². The average molecular weight is 170 g/mol. The van der Waals surface area contributed by atoms with Gasteiger partial charge in [0, 0.05) is 0 Å². The third-order valence-electron chi connectivity index (χ3n) is 0.228. The molecule has 0 bridgehead atoms. The summed E-state index contributed by atoms with van der Waals surface area (Å²) in [5.74, 6) is 0. The monoisotopic (exact) mass is 170 g/mol. The summed E-state index contributed by atoms with van der Waals surface area (Å²) >= 11 is 0. The first kappa shape index (κ1) is 17.8. The van der Waals surface area contributed by atoms with Gasteiger partial charge in [-0.2, -0.15) is 0 Å². The Morgan fingerprint density at radius 2 is 0.900 bits per heavy atom. The van der Waals surface area contributed by atoms with Crippen molar-refractivity contribution in [3.8, 4) is 0 Å². The van der Waals surface area contributed by atoms with Crippen LogP contribution in [0, 0.1) is 0 Å². The minimum atomic E-state index is -2.16. The molecule has 0 unspecified atom stereocenters. The van der Waals surface area contributed by atoms with Crippen molar-refractivity contribution < 1.29 is 29.7 Å². The molecule has 0 heterocycles. The third kappa shape index (κ3) is 16.5. The zero-order valence-electron chi connectivity index (χ0n) is 3.76. The van der Waals surface area contributed by atoms with Crippen LogP contribution in [0.25, 0.3) is 0 Å². The van der Waals surface area contributed by atoms with Gasteiger partial charge in [0.2, 0.25) is 0 Å². The Morgan fingerprint density at radius 1 is 0.700 bits per heavy atom. The topological polar surface area (TPSA) is 99.4 Å². The molecule has 50 valence electrons. The molecule has 0 spiro atoms. The summed E-state index contributed by atoms with van der Waals surface area (Å²) in [7, 11) is -4.31. The van der Waals surface area contributed by atoms with Crippen LogP contribution in [0.2, 0.25) is 0 Å². The van der Waals surface area contributed by atoms with Crippen molar-refractivity contribution in [2.45, 2.75) is 0 Å². The Labute approximate surface area is 102 Å². The summed E-state index contributed by atoms with van der Waals surface area (Å²) < 4.78 is 0. The second-order valence-corrected chi connectivity index (χ2v) is 0.845. The minimum absolute atomic E-state index is 0. The second-order valence-electron chi connectivity index (χ2n) is 0.845. The first-order chi connectivity index (χ1) is 3.63. The van der Waals surface area contributed by atoms with Crippen LogP contribution in [0.3, 0.4) is 0 Å². The van der Waals surface area contributed by atoms with Gasteiger partial charge in [0.15, 0.2) is 0 Å². The van der Waals surface area contributed by atoms with Crippen molar-refractivity contribution in [3.05, 3.63) is 0 Å². The molecule has 0 amide bonds. The first-order valence-corrected chi connectivity index (χ1v) is 1.67. The van der Waals surface area contributed by atoms with Crippen LogP contribution in [-0.4, -0.2) is 93.9 Å². The quantitative estimate of drug-likeness (QED) is 0.193. The summed E-state index contributed by atoms with van der Waals surface area (Å²) in [5, 5.41) is 31.1. The second kappa shape index (κ2) is 10.9. The van der Waals surface area contributed by atoms with E-state index in [1.54, 1.807) is 0 Å². The molecule has 0 aromatic heterocycles. The van der Waals surface area contributed by atoms with E-state index in [2.05, 4.69) is 9.61 Å². The molecule has 10 heavy (non-hydrogen) atoms. The molecular formula is H6B2Na2O6. The summed E-state index contributed by atoms with van der Waals surface area (Å²) in [4.78, 5) is 6.83. The Morgan fingerprint density at radius 3 is 1.00 bits per heavy atom. The molecule has 0 aliphatic heterocycles. The van der Waals surface area contributed by atoms with E-state index < -0.39 is 14.6 Å². The van der Waals surface area contributed by atoms with Gasteiger partial charge in [-0.3, -0.25) is 0 Å². The van der Waals surface area contributed by atoms with Crippen LogP contribution in [0.1, 0.15) is 0 Å². The zero-order valence-corrected chi connectivity index (χ0v) is 3.76. The normalized spacial score (nSPS) is 7.20. The Balaban J connectivity index is -0.000000245. The van der Waals surface area contributed by atoms with Gasteiger partial charge in [0.05, 0.1) is 0 Å². The van der Waals surface area contributed by atoms with Crippen molar-refractivity contribution in [2.24, 2.45) is 0 Å². The fourth-order valence-electron chi connectivity index (χ4n) is 0.0994. The zero-order chi connectivity index (χ0) is 6.57. The number of hydrogen-bond donors (Lipinski definition) is 4. The molecule has 0 atom stereocenters. The van der Waals surface area contributed by atoms with Crippen LogP contribution < -0.4 is 0 Å². The SMILES string of the molecule is OB(O)OOB(O)O.[NaH].[NaH]. The maximum atomic E-state index is 7.79. The molecule has 0 aromatic rings. The van der Waals surface area contributed by atoms with Crippen LogP contribution in [0.15, 0.2) is 0 Å². The maximum absolute atomic E-state index is 7.79. The van der Waals surface area contributed by atoms with Crippen molar-refractivity contribution in [1.29, 1.82) is 0 Å². The predicted molar refractivity (Wildman–Crippen MR) is 36.9 cm³/mol. The molecule has 0 fully saturated rings. The standard InChI is InChI=1S/B2H4O6.2Na.2H/c3-1(4)7-8-2(5)6;;;;/h3-6H;;;;. The van der Waals surface area contributed by atoms with E-state index in [0.29, 0.717) is 0 Å². The molecule has 0 saturated heterocycles. The van der Waals surface area contributed by atoms with Crippen molar-refractivity contribution in [2.75, 3.05) is 0 Å². The fourth-order valence-corrected chi connectivity index (χ4v) is 0.0994. The van der Waals surface area contributed by atoms with Gasteiger partial charge in [-0.05, 0) is 0 Å². The Kier molecular flexibility index (Phi) is 19.4. The van der Waals surface area contributed by atoms with Crippen molar-refractivity contribution in [1.82, 2.24) is 0 Å². The molecule has 0 saturated carbocycles. The van der Waals surface area contributed by atoms with Gasteiger partial charge in [-0.25, -0.2) is 9.61 Å². The molecule has 0 aliphatic rings. The number of hydrogen-bond acceptors (Lipinski definition) is 6. The van der Waals surface area contributed by atoms with E-state index in [0.717, 1.165) is 0 Å². The summed E-state index contributed by atoms with van der Waals surface area (Å²) in [6.07, 6.45) is 0. The van der Waals surface area contributed by atoms with E-state index in [1.165, 1.54) is 0 Å². The average Bonchev–Trinajstić information content (AvgIpc) is 1.61. The van der Waals surface area contributed by atoms with Gasteiger partial charge in [0.25, 0.3) is 0 Å². The summed E-state index contributed by atoms with van der Waals surface area (Å²) in [5.41, 5.74) is 0. The molecule has 10 heteroatoms.